The maximum atomic E-state index is 10.1. The van der Waals surface area contributed by atoms with E-state index in [1.807, 2.05) is 48.7 Å². The van der Waals surface area contributed by atoms with Gasteiger partial charge in [0.2, 0.25) is 0 Å². The van der Waals surface area contributed by atoms with Gasteiger partial charge in [0.25, 0.3) is 0 Å². The van der Waals surface area contributed by atoms with Gasteiger partial charge in [-0.15, -0.1) is 11.8 Å². The number of aliphatic hydroxyl groups is 1. The van der Waals surface area contributed by atoms with Crippen molar-refractivity contribution in [3.05, 3.63) is 60.4 Å². The summed E-state index contributed by atoms with van der Waals surface area (Å²) in [5, 5.41) is 22.1. The lowest BCUT2D eigenvalue weighted by Gasteiger charge is -2.38. The summed E-state index contributed by atoms with van der Waals surface area (Å²) in [5.41, 5.74) is 4.41. The number of aromatic nitrogens is 2. The number of aliphatic hydroxyl groups excluding tert-OH is 1. The Kier molecular flexibility index (Phi) is 9.12. The highest BCUT2D eigenvalue weighted by Gasteiger charge is 2.29. The summed E-state index contributed by atoms with van der Waals surface area (Å²) >= 11 is 1.78. The van der Waals surface area contributed by atoms with Crippen molar-refractivity contribution in [2.45, 2.75) is 30.3 Å². The minimum Gasteiger partial charge on any atom is -0.497 e. The first-order valence-corrected chi connectivity index (χ1v) is 12.9. The number of ether oxygens (including phenoxy) is 1. The van der Waals surface area contributed by atoms with Crippen molar-refractivity contribution < 1.29 is 15.1 Å². The molecular weight excluding hydrogens is 448 g/mol. The number of thioether (sulfide) groups is 1. The van der Waals surface area contributed by atoms with Gasteiger partial charge in [0.1, 0.15) is 5.75 Å². The Bertz CT molecular complexity index is 1040. The van der Waals surface area contributed by atoms with Gasteiger partial charge in [-0.05, 0) is 79.6 Å². The maximum Gasteiger partial charge on any atom is 0.119 e. The van der Waals surface area contributed by atoms with Crippen LogP contribution in [0, 0.1) is 11.8 Å². The van der Waals surface area contributed by atoms with Gasteiger partial charge < -0.3 is 20.0 Å². The summed E-state index contributed by atoms with van der Waals surface area (Å²) in [7, 11) is 1.65. The van der Waals surface area contributed by atoms with E-state index < -0.39 is 0 Å². The van der Waals surface area contributed by atoms with Crippen LogP contribution in [0.15, 0.2) is 59.9 Å². The van der Waals surface area contributed by atoms with Gasteiger partial charge in [-0.25, -0.2) is 4.98 Å². The number of hydrogen-bond donors (Lipinski definition) is 3. The van der Waals surface area contributed by atoms with Crippen LogP contribution in [0.3, 0.4) is 0 Å². The molecule has 1 aliphatic heterocycles. The highest BCUT2D eigenvalue weighted by atomic mass is 32.2. The molecule has 1 aromatic carbocycles. The zero-order chi connectivity index (χ0) is 23.8. The van der Waals surface area contributed by atoms with Crippen LogP contribution in [-0.2, 0) is 0 Å². The lowest BCUT2D eigenvalue weighted by atomic mass is 9.81. The third kappa shape index (κ3) is 6.25. The molecular formula is C26H34N4O3S. The molecule has 8 heteroatoms. The van der Waals surface area contributed by atoms with Crippen molar-refractivity contribution in [1.82, 2.24) is 20.3 Å². The molecule has 3 heterocycles. The van der Waals surface area contributed by atoms with Gasteiger partial charge in [0.05, 0.1) is 23.7 Å². The Balaban J connectivity index is 1.33. The largest absolute Gasteiger partial charge is 0.497 e. The number of pyridine rings is 2. The van der Waals surface area contributed by atoms with Gasteiger partial charge in [-0.1, -0.05) is 6.07 Å². The smallest absolute Gasteiger partial charge is 0.119 e. The van der Waals surface area contributed by atoms with E-state index in [-0.39, 0.29) is 18.6 Å². The van der Waals surface area contributed by atoms with Crippen molar-refractivity contribution in [2.75, 3.05) is 39.1 Å². The number of methoxy groups -OCH3 is 1. The number of hydrogen-bond acceptors (Lipinski definition) is 8. The number of rotatable bonds is 11. The molecule has 4 rings (SSSR count). The molecule has 0 bridgehead atoms. The second-order valence-corrected chi connectivity index (χ2v) is 9.97. The first-order chi connectivity index (χ1) is 16.7. The molecule has 0 saturated carbocycles. The number of piperidine rings is 1. The Morgan fingerprint density at radius 2 is 2.09 bits per heavy atom. The van der Waals surface area contributed by atoms with E-state index in [0.29, 0.717) is 5.92 Å². The van der Waals surface area contributed by atoms with E-state index in [1.165, 1.54) is 0 Å². The fourth-order valence-electron chi connectivity index (χ4n) is 4.91. The summed E-state index contributed by atoms with van der Waals surface area (Å²) in [6.45, 7) is 3.14. The van der Waals surface area contributed by atoms with Crippen LogP contribution < -0.4 is 10.2 Å². The quantitative estimate of drug-likeness (QED) is 0.277. The predicted octanol–water partition coefficient (Wildman–Crippen LogP) is 4.16. The molecule has 7 nitrogen and oxygen atoms in total. The number of fused-ring (bicyclic) bond motifs is 1. The lowest BCUT2D eigenvalue weighted by Crippen LogP contribution is -2.43. The van der Waals surface area contributed by atoms with Crippen molar-refractivity contribution in [3.63, 3.8) is 0 Å². The molecule has 1 fully saturated rings. The number of likely N-dealkylation sites (tertiary alicyclic amines) is 1. The summed E-state index contributed by atoms with van der Waals surface area (Å²) in [6, 6.07) is 13.6. The zero-order valence-corrected chi connectivity index (χ0v) is 20.5. The standard InChI is InChI=1S/C26H34N4O3S/c1-33-21-6-8-24-23(16-21)22(9-12-27-24)25(29-32)7-5-19-10-13-30(17-20(19)18-31)14-15-34-26-4-2-3-11-28-26/h2-4,6,8-9,11-12,16,19-20,25,29,31-32H,5,7,10,13-15,17-18H2,1H3/t19-,20-,25+/m1/s1. The molecule has 0 aliphatic carbocycles. The zero-order valence-electron chi connectivity index (χ0n) is 19.6. The lowest BCUT2D eigenvalue weighted by molar-refractivity contribution is 0.0626. The average molecular weight is 483 g/mol. The average Bonchev–Trinajstić information content (AvgIpc) is 2.89. The molecule has 3 atom stereocenters. The number of hydroxylamine groups is 1. The van der Waals surface area contributed by atoms with E-state index in [1.54, 1.807) is 25.1 Å². The highest BCUT2D eigenvalue weighted by molar-refractivity contribution is 7.99. The number of nitrogens with one attached hydrogen (secondary N) is 1. The normalized spacial score (nSPS) is 19.9. The first-order valence-electron chi connectivity index (χ1n) is 11.9. The minimum absolute atomic E-state index is 0.196. The molecule has 1 saturated heterocycles. The molecule has 0 radical (unpaired) electrons. The van der Waals surface area contributed by atoms with Crippen LogP contribution in [0.1, 0.15) is 30.9 Å². The molecule has 0 spiro atoms. The third-order valence-corrected chi connectivity index (χ3v) is 7.77. The Morgan fingerprint density at radius 3 is 2.85 bits per heavy atom. The summed E-state index contributed by atoms with van der Waals surface area (Å²) < 4.78 is 5.39. The molecule has 0 unspecified atom stereocenters. The summed E-state index contributed by atoms with van der Waals surface area (Å²) in [4.78, 5) is 11.3. The monoisotopic (exact) mass is 482 g/mol. The minimum atomic E-state index is -0.204. The second-order valence-electron chi connectivity index (χ2n) is 8.85. The Hall–Kier alpha value is -2.23. The van der Waals surface area contributed by atoms with Gasteiger partial charge >= 0.3 is 0 Å². The molecule has 2 aromatic heterocycles. The van der Waals surface area contributed by atoms with Crippen molar-refractivity contribution in [3.8, 4) is 5.75 Å². The Labute approximate surface area is 205 Å². The van der Waals surface area contributed by atoms with Crippen LogP contribution in [0.2, 0.25) is 0 Å². The molecule has 34 heavy (non-hydrogen) atoms. The molecule has 182 valence electrons. The SMILES string of the molecule is COc1ccc2nccc([C@H](CC[C@@H]3CCN(CCSc4ccccn4)C[C@@H]3CO)NO)c2c1. The van der Waals surface area contributed by atoms with E-state index in [2.05, 4.69) is 20.3 Å². The van der Waals surface area contributed by atoms with Crippen molar-refractivity contribution in [1.29, 1.82) is 0 Å². The molecule has 3 aromatic rings. The van der Waals surface area contributed by atoms with E-state index >= 15 is 0 Å². The van der Waals surface area contributed by atoms with Gasteiger partial charge in [0, 0.05) is 43.2 Å². The van der Waals surface area contributed by atoms with E-state index in [0.717, 1.165) is 71.9 Å². The second kappa shape index (κ2) is 12.5. The van der Waals surface area contributed by atoms with Gasteiger partial charge in [-0.2, -0.15) is 5.48 Å². The van der Waals surface area contributed by atoms with Crippen LogP contribution in [0.25, 0.3) is 10.9 Å². The number of benzene rings is 1. The van der Waals surface area contributed by atoms with Crippen LogP contribution in [0.4, 0.5) is 0 Å². The van der Waals surface area contributed by atoms with Gasteiger partial charge in [0.15, 0.2) is 0 Å². The fourth-order valence-corrected chi connectivity index (χ4v) is 5.77. The molecule has 1 aliphatic rings. The van der Waals surface area contributed by atoms with E-state index in [9.17, 15) is 10.3 Å². The van der Waals surface area contributed by atoms with Crippen LogP contribution in [0.5, 0.6) is 5.75 Å². The van der Waals surface area contributed by atoms with Crippen LogP contribution >= 0.6 is 11.8 Å². The van der Waals surface area contributed by atoms with Crippen molar-refractivity contribution in [2.24, 2.45) is 11.8 Å². The first kappa shape index (κ1) is 24.9. The predicted molar refractivity (Wildman–Crippen MR) is 135 cm³/mol. The molecule has 0 amide bonds. The number of nitrogens with zero attached hydrogens (tertiary/aromatic N) is 3. The highest BCUT2D eigenvalue weighted by Crippen LogP contribution is 2.33. The van der Waals surface area contributed by atoms with E-state index in [4.69, 9.17) is 4.74 Å². The van der Waals surface area contributed by atoms with Crippen LogP contribution in [-0.4, -0.2) is 64.3 Å². The van der Waals surface area contributed by atoms with Crippen molar-refractivity contribution >= 4 is 22.7 Å². The summed E-state index contributed by atoms with van der Waals surface area (Å²) in [5.74, 6) is 2.45. The topological polar surface area (TPSA) is 90.7 Å². The molecule has 3 N–H and O–H groups in total. The fraction of sp³-hybridized carbons (Fsp3) is 0.462. The third-order valence-electron chi connectivity index (χ3n) is 6.85. The maximum absolute atomic E-state index is 10.1. The summed E-state index contributed by atoms with van der Waals surface area (Å²) in [6.07, 6.45) is 6.39. The Morgan fingerprint density at radius 1 is 1.18 bits per heavy atom. The van der Waals surface area contributed by atoms with Gasteiger partial charge in [-0.3, -0.25) is 4.98 Å².